The van der Waals surface area contributed by atoms with Gasteiger partial charge in [-0.3, -0.25) is 4.98 Å². The number of hydrogen-bond acceptors (Lipinski definition) is 4. The first-order chi connectivity index (χ1) is 13.2. The van der Waals surface area contributed by atoms with Crippen molar-refractivity contribution >= 4 is 10.0 Å². The van der Waals surface area contributed by atoms with E-state index in [9.17, 15) is 21.6 Å². The molecule has 0 radical (unpaired) electrons. The largest absolute Gasteiger partial charge is 0.434 e. The van der Waals surface area contributed by atoms with E-state index in [-0.39, 0.29) is 17.0 Å². The van der Waals surface area contributed by atoms with Gasteiger partial charge < -0.3 is 5.32 Å². The van der Waals surface area contributed by atoms with Crippen LogP contribution in [0.1, 0.15) is 11.3 Å². The molecule has 0 aliphatic heterocycles. The van der Waals surface area contributed by atoms with Crippen LogP contribution < -0.4 is 5.32 Å². The van der Waals surface area contributed by atoms with Gasteiger partial charge in [0.1, 0.15) is 5.69 Å². The first-order valence-corrected chi connectivity index (χ1v) is 9.49. The number of aromatic nitrogens is 2. The van der Waals surface area contributed by atoms with Crippen molar-refractivity contribution in [3.8, 4) is 11.3 Å². The van der Waals surface area contributed by atoms with E-state index in [4.69, 9.17) is 0 Å². The van der Waals surface area contributed by atoms with Crippen molar-refractivity contribution in [3.63, 3.8) is 0 Å². The van der Waals surface area contributed by atoms with E-state index in [2.05, 4.69) is 10.3 Å². The van der Waals surface area contributed by atoms with Gasteiger partial charge in [0.2, 0.25) is 0 Å². The zero-order valence-corrected chi connectivity index (χ0v) is 15.4. The molecule has 5 nitrogen and oxygen atoms in total. The molecule has 3 aromatic rings. The van der Waals surface area contributed by atoms with Crippen LogP contribution in [0.2, 0.25) is 0 Å². The SMILES string of the molecule is CNCc1cn(S(=O)(=O)c2ccccc2)c(-c2cccnc2C(F)(F)F)c1F. The van der Waals surface area contributed by atoms with Crippen LogP contribution in [-0.2, 0) is 22.7 Å². The number of rotatable bonds is 5. The van der Waals surface area contributed by atoms with Crippen LogP contribution in [0.15, 0.2) is 59.8 Å². The van der Waals surface area contributed by atoms with Gasteiger partial charge in [0, 0.05) is 30.1 Å². The zero-order chi connectivity index (χ0) is 20.5. The van der Waals surface area contributed by atoms with Crippen molar-refractivity contribution in [2.45, 2.75) is 17.6 Å². The molecule has 0 bridgehead atoms. The highest BCUT2D eigenvalue weighted by molar-refractivity contribution is 7.90. The van der Waals surface area contributed by atoms with E-state index in [1.165, 1.54) is 37.4 Å². The van der Waals surface area contributed by atoms with Crippen LogP contribution in [0.4, 0.5) is 17.6 Å². The molecular weight excluding hydrogens is 398 g/mol. The molecule has 3 rings (SSSR count). The summed E-state index contributed by atoms with van der Waals surface area (Å²) in [6.07, 6.45) is -2.99. The fourth-order valence-electron chi connectivity index (χ4n) is 2.78. The molecule has 28 heavy (non-hydrogen) atoms. The van der Waals surface area contributed by atoms with E-state index in [0.717, 1.165) is 18.5 Å². The third kappa shape index (κ3) is 3.52. The number of nitrogens with one attached hydrogen (secondary N) is 1. The van der Waals surface area contributed by atoms with Gasteiger partial charge in [0.15, 0.2) is 11.5 Å². The molecule has 0 unspecified atom stereocenters. The van der Waals surface area contributed by atoms with E-state index >= 15 is 4.39 Å². The molecule has 0 spiro atoms. The molecule has 0 aliphatic carbocycles. The minimum absolute atomic E-state index is 0.0717. The zero-order valence-electron chi connectivity index (χ0n) is 14.5. The van der Waals surface area contributed by atoms with Gasteiger partial charge >= 0.3 is 6.18 Å². The Balaban J connectivity index is 2.35. The standard InChI is InChI=1S/C18H15F4N3O2S/c1-23-10-12-11-25(28(26,27)13-6-3-2-4-7-13)16(15(12)19)14-8-5-9-24-17(14)18(20,21)22/h2-9,11,23H,10H2,1H3. The molecule has 0 saturated heterocycles. The Morgan fingerprint density at radius 3 is 2.39 bits per heavy atom. The Hall–Kier alpha value is -2.72. The van der Waals surface area contributed by atoms with E-state index in [1.807, 2.05) is 0 Å². The van der Waals surface area contributed by atoms with Crippen molar-refractivity contribution in [1.29, 1.82) is 0 Å². The molecule has 0 saturated carbocycles. The fraction of sp³-hybridized carbons (Fsp3) is 0.167. The van der Waals surface area contributed by atoms with Gasteiger partial charge in [-0.05, 0) is 31.3 Å². The summed E-state index contributed by atoms with van der Waals surface area (Å²) in [4.78, 5) is 3.12. The fourth-order valence-corrected chi connectivity index (χ4v) is 4.19. The van der Waals surface area contributed by atoms with Crippen molar-refractivity contribution in [3.05, 3.63) is 71.9 Å². The third-order valence-corrected chi connectivity index (χ3v) is 5.66. The van der Waals surface area contributed by atoms with Gasteiger partial charge in [0.05, 0.1) is 4.90 Å². The number of halogens is 4. The second kappa shape index (κ2) is 7.36. The van der Waals surface area contributed by atoms with Gasteiger partial charge in [0.25, 0.3) is 10.0 Å². The van der Waals surface area contributed by atoms with E-state index in [0.29, 0.717) is 3.97 Å². The van der Waals surface area contributed by atoms with Gasteiger partial charge in [-0.1, -0.05) is 18.2 Å². The summed E-state index contributed by atoms with van der Waals surface area (Å²) >= 11 is 0. The summed E-state index contributed by atoms with van der Waals surface area (Å²) in [6, 6.07) is 9.26. The molecule has 148 valence electrons. The van der Waals surface area contributed by atoms with Crippen molar-refractivity contribution in [2.75, 3.05) is 7.05 Å². The number of pyridine rings is 1. The average molecular weight is 413 g/mol. The van der Waals surface area contributed by atoms with Crippen LogP contribution in [0.5, 0.6) is 0 Å². The van der Waals surface area contributed by atoms with Gasteiger partial charge in [-0.25, -0.2) is 16.8 Å². The number of nitrogens with zero attached hydrogens (tertiary/aromatic N) is 2. The molecule has 1 N–H and O–H groups in total. The number of hydrogen-bond donors (Lipinski definition) is 1. The van der Waals surface area contributed by atoms with Crippen molar-refractivity contribution < 1.29 is 26.0 Å². The lowest BCUT2D eigenvalue weighted by Gasteiger charge is -2.14. The molecule has 0 amide bonds. The van der Waals surface area contributed by atoms with Crippen LogP contribution >= 0.6 is 0 Å². The molecule has 1 aromatic carbocycles. The van der Waals surface area contributed by atoms with E-state index < -0.39 is 39.0 Å². The van der Waals surface area contributed by atoms with Crippen molar-refractivity contribution in [2.24, 2.45) is 0 Å². The lowest BCUT2D eigenvalue weighted by molar-refractivity contribution is -0.140. The molecule has 0 aliphatic rings. The van der Waals surface area contributed by atoms with Crippen molar-refractivity contribution in [1.82, 2.24) is 14.3 Å². The monoisotopic (exact) mass is 413 g/mol. The highest BCUT2D eigenvalue weighted by Crippen LogP contribution is 2.38. The first kappa shape index (κ1) is 20.0. The summed E-state index contributed by atoms with van der Waals surface area (Å²) in [5.74, 6) is -1.06. The average Bonchev–Trinajstić information content (AvgIpc) is 2.99. The predicted octanol–water partition coefficient (Wildman–Crippen LogP) is 3.66. The summed E-state index contributed by atoms with van der Waals surface area (Å²) < 4.78 is 81.9. The highest BCUT2D eigenvalue weighted by atomic mass is 32.2. The Morgan fingerprint density at radius 1 is 1.11 bits per heavy atom. The minimum Gasteiger partial charge on any atom is -0.316 e. The number of alkyl halides is 3. The first-order valence-electron chi connectivity index (χ1n) is 8.05. The van der Waals surface area contributed by atoms with Crippen LogP contribution in [0, 0.1) is 5.82 Å². The van der Waals surface area contributed by atoms with Crippen LogP contribution in [0.3, 0.4) is 0 Å². The Bertz CT molecular complexity index is 1090. The molecule has 2 aromatic heterocycles. The summed E-state index contributed by atoms with van der Waals surface area (Å²) in [5.41, 5.74) is -2.83. The van der Waals surface area contributed by atoms with Crippen LogP contribution in [-0.4, -0.2) is 24.4 Å². The quantitative estimate of drug-likeness (QED) is 0.649. The van der Waals surface area contributed by atoms with Crippen LogP contribution in [0.25, 0.3) is 11.3 Å². The Kier molecular flexibility index (Phi) is 5.26. The molecule has 10 heteroatoms. The molecule has 0 fully saturated rings. The molecular formula is C18H15F4N3O2S. The third-order valence-electron chi connectivity index (χ3n) is 3.98. The highest BCUT2D eigenvalue weighted by Gasteiger charge is 2.38. The second-order valence-electron chi connectivity index (χ2n) is 5.86. The molecule has 2 heterocycles. The normalized spacial score (nSPS) is 12.3. The van der Waals surface area contributed by atoms with Gasteiger partial charge in [-0.15, -0.1) is 0 Å². The minimum atomic E-state index is -4.89. The number of benzene rings is 1. The Morgan fingerprint density at radius 2 is 1.79 bits per heavy atom. The maximum atomic E-state index is 15.1. The lowest BCUT2D eigenvalue weighted by Crippen LogP contribution is -2.16. The summed E-state index contributed by atoms with van der Waals surface area (Å²) in [5, 5.41) is 2.67. The summed E-state index contributed by atoms with van der Waals surface area (Å²) in [6.45, 7) is -0.0717. The maximum Gasteiger partial charge on any atom is 0.434 e. The Labute approximate surface area is 158 Å². The maximum absolute atomic E-state index is 15.1. The van der Waals surface area contributed by atoms with E-state index in [1.54, 1.807) is 6.07 Å². The van der Waals surface area contributed by atoms with Gasteiger partial charge in [-0.2, -0.15) is 13.2 Å². The predicted molar refractivity (Wildman–Crippen MR) is 94.4 cm³/mol. The topological polar surface area (TPSA) is 64.0 Å². The smallest absolute Gasteiger partial charge is 0.316 e. The molecule has 0 atom stereocenters. The second-order valence-corrected chi connectivity index (χ2v) is 7.67. The lowest BCUT2D eigenvalue weighted by atomic mass is 10.1. The summed E-state index contributed by atoms with van der Waals surface area (Å²) in [7, 11) is -2.84.